The SMILES string of the molecule is CCOC(=O)C(Cc1ccc(NC(=O)N(C)c2cnccc2C=O)c2ncccc12)NC(=O)c1c(C)cc(N2CCOCC2C(F)(F)F)cc1F. The number of hydrogen-bond acceptors (Lipinski definition) is 9. The highest BCUT2D eigenvalue weighted by Gasteiger charge is 2.45. The molecule has 0 aliphatic carbocycles. The number of aldehydes is 1. The molecule has 1 aliphatic heterocycles. The Kier molecular flexibility index (Phi) is 11.1. The predicted molar refractivity (Wildman–Crippen MR) is 180 cm³/mol. The molecule has 0 radical (unpaired) electrons. The van der Waals surface area contributed by atoms with Crippen LogP contribution in [-0.4, -0.2) is 85.8 Å². The zero-order valence-corrected chi connectivity index (χ0v) is 27.8. The number of fused-ring (bicyclic) bond motifs is 1. The molecule has 2 unspecified atom stereocenters. The van der Waals surface area contributed by atoms with E-state index in [4.69, 9.17) is 9.47 Å². The molecule has 1 fully saturated rings. The average Bonchev–Trinajstić information content (AvgIpc) is 3.11. The molecule has 1 aliphatic rings. The summed E-state index contributed by atoms with van der Waals surface area (Å²) in [6.45, 7) is 2.22. The summed E-state index contributed by atoms with van der Waals surface area (Å²) in [6, 6.07) is 6.27. The van der Waals surface area contributed by atoms with Crippen molar-refractivity contribution in [1.82, 2.24) is 15.3 Å². The van der Waals surface area contributed by atoms with Crippen LogP contribution in [0.5, 0.6) is 0 Å². The van der Waals surface area contributed by atoms with Crippen LogP contribution in [0.4, 0.5) is 39.4 Å². The molecule has 0 saturated carbocycles. The number of urea groups is 1. The Hall–Kier alpha value is -5.64. The van der Waals surface area contributed by atoms with Crippen LogP contribution in [-0.2, 0) is 20.7 Å². The molecule has 268 valence electrons. The van der Waals surface area contributed by atoms with Crippen molar-refractivity contribution in [3.8, 4) is 0 Å². The summed E-state index contributed by atoms with van der Waals surface area (Å²) in [5, 5.41) is 5.83. The highest BCUT2D eigenvalue weighted by atomic mass is 19.4. The predicted octanol–water partition coefficient (Wildman–Crippen LogP) is 5.23. The second kappa shape index (κ2) is 15.5. The molecule has 3 heterocycles. The molecule has 1 saturated heterocycles. The molecule has 2 N–H and O–H groups in total. The van der Waals surface area contributed by atoms with E-state index in [2.05, 4.69) is 20.6 Å². The molecule has 4 aromatic rings. The number of hydrogen-bond donors (Lipinski definition) is 2. The first-order valence-electron chi connectivity index (χ1n) is 15.8. The van der Waals surface area contributed by atoms with E-state index in [1.807, 2.05) is 0 Å². The molecular formula is C35H34F4N6O6. The molecule has 5 rings (SSSR count). The van der Waals surface area contributed by atoms with Crippen LogP contribution in [0.2, 0.25) is 0 Å². The zero-order valence-electron chi connectivity index (χ0n) is 27.8. The molecule has 16 heteroatoms. The van der Waals surface area contributed by atoms with E-state index in [9.17, 15) is 32.3 Å². The van der Waals surface area contributed by atoms with Gasteiger partial charge in [0.05, 0.1) is 48.5 Å². The van der Waals surface area contributed by atoms with E-state index in [1.54, 1.807) is 31.2 Å². The quantitative estimate of drug-likeness (QED) is 0.129. The first-order chi connectivity index (χ1) is 24.3. The van der Waals surface area contributed by atoms with Crippen molar-refractivity contribution in [1.29, 1.82) is 0 Å². The lowest BCUT2D eigenvalue weighted by atomic mass is 9.99. The van der Waals surface area contributed by atoms with Crippen molar-refractivity contribution in [3.63, 3.8) is 0 Å². The van der Waals surface area contributed by atoms with Gasteiger partial charge in [-0.15, -0.1) is 0 Å². The lowest BCUT2D eigenvalue weighted by Crippen LogP contribution is -2.53. The second-order valence-electron chi connectivity index (χ2n) is 11.6. The number of aromatic nitrogens is 2. The van der Waals surface area contributed by atoms with Crippen molar-refractivity contribution in [2.24, 2.45) is 0 Å². The number of morpholine rings is 1. The summed E-state index contributed by atoms with van der Waals surface area (Å²) >= 11 is 0. The standard InChI is InChI=1S/C35H34F4N6O6/c1-4-51-33(48)27(42-32(47)30-20(2)14-23(16-25(30)36)45-12-13-50-19-29(45)35(37,38)39)15-21-7-8-26(31-24(21)6-5-10-41-31)43-34(49)44(3)28-17-40-11-9-22(28)18-46/h5-11,14,16-18,27,29H,4,12-13,15,19H2,1-3H3,(H,42,47)(H,43,49). The molecule has 0 spiro atoms. The number of esters is 1. The number of carbonyl (C=O) groups is 4. The average molecular weight is 711 g/mol. The summed E-state index contributed by atoms with van der Waals surface area (Å²) in [5.74, 6) is -2.84. The molecule has 2 aromatic carbocycles. The normalized spacial score (nSPS) is 15.2. The number of halogens is 4. The molecular weight excluding hydrogens is 676 g/mol. The third-order valence-electron chi connectivity index (χ3n) is 8.36. The van der Waals surface area contributed by atoms with Gasteiger partial charge in [-0.3, -0.25) is 24.5 Å². The van der Waals surface area contributed by atoms with E-state index in [0.29, 0.717) is 28.4 Å². The van der Waals surface area contributed by atoms with Gasteiger partial charge in [-0.25, -0.2) is 14.0 Å². The van der Waals surface area contributed by atoms with Crippen molar-refractivity contribution < 1.29 is 46.2 Å². The highest BCUT2D eigenvalue weighted by Crippen LogP contribution is 2.33. The van der Waals surface area contributed by atoms with Crippen molar-refractivity contribution >= 4 is 52.2 Å². The Morgan fingerprint density at radius 1 is 1.18 bits per heavy atom. The van der Waals surface area contributed by atoms with Crippen molar-refractivity contribution in [2.75, 3.05) is 48.5 Å². The van der Waals surface area contributed by atoms with E-state index < -0.39 is 54.2 Å². The fourth-order valence-electron chi connectivity index (χ4n) is 5.85. The largest absolute Gasteiger partial charge is 0.464 e. The van der Waals surface area contributed by atoms with Gasteiger partial charge >= 0.3 is 18.2 Å². The van der Waals surface area contributed by atoms with Crippen LogP contribution in [0.1, 0.15) is 38.8 Å². The van der Waals surface area contributed by atoms with Gasteiger partial charge in [-0.2, -0.15) is 13.2 Å². The summed E-state index contributed by atoms with van der Waals surface area (Å²) < 4.78 is 66.8. The van der Waals surface area contributed by atoms with Gasteiger partial charge in [-0.05, 0) is 55.3 Å². The van der Waals surface area contributed by atoms with Crippen LogP contribution in [0.15, 0.2) is 61.1 Å². The number of amides is 3. The van der Waals surface area contributed by atoms with Gasteiger partial charge in [0, 0.05) is 49.0 Å². The monoisotopic (exact) mass is 710 g/mol. The number of alkyl halides is 3. The van der Waals surface area contributed by atoms with Crippen LogP contribution < -0.4 is 20.4 Å². The van der Waals surface area contributed by atoms with Crippen LogP contribution in [0.25, 0.3) is 10.9 Å². The minimum atomic E-state index is -4.63. The van der Waals surface area contributed by atoms with Gasteiger partial charge < -0.3 is 25.0 Å². The molecule has 0 bridgehead atoms. The summed E-state index contributed by atoms with van der Waals surface area (Å²) in [6.07, 6.45) is 0.158. The third-order valence-corrected chi connectivity index (χ3v) is 8.36. The van der Waals surface area contributed by atoms with Gasteiger partial charge in [0.1, 0.15) is 17.9 Å². The minimum Gasteiger partial charge on any atom is -0.464 e. The Morgan fingerprint density at radius 2 is 1.96 bits per heavy atom. The molecule has 51 heavy (non-hydrogen) atoms. The number of pyridine rings is 2. The lowest BCUT2D eigenvalue weighted by molar-refractivity contribution is -0.167. The number of nitrogens with one attached hydrogen (secondary N) is 2. The fraction of sp³-hybridized carbons (Fsp3) is 0.314. The van der Waals surface area contributed by atoms with Crippen molar-refractivity contribution in [3.05, 3.63) is 89.1 Å². The van der Waals surface area contributed by atoms with Gasteiger partial charge in [0.25, 0.3) is 5.91 Å². The molecule has 12 nitrogen and oxygen atoms in total. The van der Waals surface area contributed by atoms with E-state index in [0.717, 1.165) is 11.0 Å². The maximum atomic E-state index is 15.5. The number of rotatable bonds is 10. The summed E-state index contributed by atoms with van der Waals surface area (Å²) in [4.78, 5) is 61.9. The Labute approximate surface area is 289 Å². The number of benzene rings is 2. The maximum Gasteiger partial charge on any atom is 0.411 e. The van der Waals surface area contributed by atoms with E-state index in [-0.39, 0.29) is 48.7 Å². The summed E-state index contributed by atoms with van der Waals surface area (Å²) in [5.41, 5.74) is 1.28. The lowest BCUT2D eigenvalue weighted by Gasteiger charge is -2.38. The van der Waals surface area contributed by atoms with Crippen LogP contribution in [0.3, 0.4) is 0 Å². The van der Waals surface area contributed by atoms with Gasteiger partial charge in [-0.1, -0.05) is 12.1 Å². The molecule has 2 aromatic heterocycles. The minimum absolute atomic E-state index is 0.0128. The van der Waals surface area contributed by atoms with Gasteiger partial charge in [0.2, 0.25) is 0 Å². The first kappa shape index (κ1) is 36.6. The smallest absolute Gasteiger partial charge is 0.411 e. The Morgan fingerprint density at radius 3 is 2.67 bits per heavy atom. The van der Waals surface area contributed by atoms with Crippen molar-refractivity contribution in [2.45, 2.75) is 38.5 Å². The van der Waals surface area contributed by atoms with Crippen LogP contribution in [0, 0.1) is 12.7 Å². The van der Waals surface area contributed by atoms with Crippen LogP contribution >= 0.6 is 0 Å². The van der Waals surface area contributed by atoms with E-state index >= 15 is 4.39 Å². The first-order valence-corrected chi connectivity index (χ1v) is 15.8. The zero-order chi connectivity index (χ0) is 36.9. The van der Waals surface area contributed by atoms with E-state index in [1.165, 1.54) is 49.6 Å². The molecule has 2 atom stereocenters. The third kappa shape index (κ3) is 8.06. The topological polar surface area (TPSA) is 143 Å². The number of aryl methyl sites for hydroxylation is 1. The Bertz CT molecular complexity index is 1930. The number of carbonyl (C=O) groups excluding carboxylic acids is 4. The number of anilines is 3. The fourth-order valence-corrected chi connectivity index (χ4v) is 5.85. The highest BCUT2D eigenvalue weighted by molar-refractivity contribution is 6.08. The number of ether oxygens (including phenoxy) is 2. The number of nitrogens with zero attached hydrogens (tertiary/aromatic N) is 4. The van der Waals surface area contributed by atoms with Gasteiger partial charge in [0.15, 0.2) is 6.29 Å². The maximum absolute atomic E-state index is 15.5. The Balaban J connectivity index is 1.40. The second-order valence-corrected chi connectivity index (χ2v) is 11.6. The summed E-state index contributed by atoms with van der Waals surface area (Å²) in [7, 11) is 1.47. The molecule has 3 amide bonds.